The predicted octanol–water partition coefficient (Wildman–Crippen LogP) is 2.79. The third-order valence-electron chi connectivity index (χ3n) is 3.95. The van der Waals surface area contributed by atoms with E-state index >= 15 is 0 Å². The highest BCUT2D eigenvalue weighted by atomic mass is 16.6. The first-order chi connectivity index (χ1) is 13.5. The largest absolute Gasteiger partial charge is 0.444 e. The molecule has 0 spiro atoms. The summed E-state index contributed by atoms with van der Waals surface area (Å²) in [5, 5.41) is 8.08. The molecule has 0 aliphatic heterocycles. The van der Waals surface area contributed by atoms with E-state index in [1.807, 2.05) is 37.3 Å². The smallest absolute Gasteiger partial charge is 0.408 e. The van der Waals surface area contributed by atoms with Crippen LogP contribution in [0.5, 0.6) is 0 Å². The Balaban J connectivity index is 2.69. The van der Waals surface area contributed by atoms with E-state index < -0.39 is 23.6 Å². The van der Waals surface area contributed by atoms with Crippen molar-refractivity contribution >= 4 is 17.9 Å². The van der Waals surface area contributed by atoms with E-state index in [2.05, 4.69) is 29.8 Å². The van der Waals surface area contributed by atoms with E-state index in [1.54, 1.807) is 20.8 Å². The highest BCUT2D eigenvalue weighted by Gasteiger charge is 2.25. The van der Waals surface area contributed by atoms with Crippen LogP contribution in [0.3, 0.4) is 0 Å². The minimum absolute atomic E-state index is 0.0272. The normalized spacial score (nSPS) is 13.3. The van der Waals surface area contributed by atoms with E-state index in [0.29, 0.717) is 5.92 Å². The summed E-state index contributed by atoms with van der Waals surface area (Å²) in [7, 11) is 0. The Morgan fingerprint density at radius 3 is 2.17 bits per heavy atom. The molecule has 0 aliphatic carbocycles. The highest BCUT2D eigenvalue weighted by Crippen LogP contribution is 2.09. The summed E-state index contributed by atoms with van der Waals surface area (Å²) in [6.07, 6.45) is 0.469. The van der Waals surface area contributed by atoms with E-state index in [4.69, 9.17) is 4.74 Å². The van der Waals surface area contributed by atoms with E-state index in [1.165, 1.54) is 0 Å². The van der Waals surface area contributed by atoms with E-state index in [9.17, 15) is 14.4 Å². The van der Waals surface area contributed by atoms with Gasteiger partial charge in [0.2, 0.25) is 11.8 Å². The minimum atomic E-state index is -0.854. The molecule has 29 heavy (non-hydrogen) atoms. The first-order valence-electron chi connectivity index (χ1n) is 10.1. The number of amides is 3. The summed E-state index contributed by atoms with van der Waals surface area (Å²) in [5.74, 6) is -0.234. The van der Waals surface area contributed by atoms with Crippen molar-refractivity contribution in [3.05, 3.63) is 35.9 Å². The molecule has 1 aromatic carbocycles. The average Bonchev–Trinajstić information content (AvgIpc) is 2.57. The molecule has 1 aromatic rings. The average molecular weight is 406 g/mol. The number of ether oxygens (including phenoxy) is 1. The van der Waals surface area contributed by atoms with Crippen LogP contribution in [-0.4, -0.2) is 42.1 Å². The van der Waals surface area contributed by atoms with Gasteiger partial charge in [0.25, 0.3) is 0 Å². The SMILES string of the molecule is CC(C)C[C@H](C)NC(=O)CNC(=O)C(Cc1ccccc1)NC(=O)OC(C)(C)C. The molecule has 0 fully saturated rings. The summed E-state index contributed by atoms with van der Waals surface area (Å²) in [6, 6.07) is 8.52. The van der Waals surface area contributed by atoms with Crippen LogP contribution in [0.1, 0.15) is 53.5 Å². The Kier molecular flexibility index (Phi) is 9.65. The second kappa shape index (κ2) is 11.4. The molecule has 0 aromatic heterocycles. The van der Waals surface area contributed by atoms with Crippen molar-refractivity contribution in [3.63, 3.8) is 0 Å². The fourth-order valence-electron chi connectivity index (χ4n) is 2.89. The first-order valence-corrected chi connectivity index (χ1v) is 10.1. The standard InChI is InChI=1S/C22H35N3O4/c1-15(2)12-16(3)24-19(26)14-23-20(27)18(13-17-10-8-7-9-11-17)25-21(28)29-22(4,5)6/h7-11,15-16,18H,12-14H2,1-6H3,(H,23,27)(H,24,26)(H,25,28)/t16-,18?/m0/s1. The van der Waals surface area contributed by atoms with Crippen LogP contribution in [-0.2, 0) is 20.7 Å². The zero-order chi connectivity index (χ0) is 22.0. The summed E-state index contributed by atoms with van der Waals surface area (Å²) < 4.78 is 5.26. The van der Waals surface area contributed by atoms with Crippen LogP contribution in [0.15, 0.2) is 30.3 Å². The number of alkyl carbamates (subject to hydrolysis) is 1. The lowest BCUT2D eigenvalue weighted by Crippen LogP contribution is -2.51. The third kappa shape index (κ3) is 11.1. The molecular weight excluding hydrogens is 370 g/mol. The molecule has 7 heteroatoms. The van der Waals surface area contributed by atoms with Gasteiger partial charge in [-0.2, -0.15) is 0 Å². The van der Waals surface area contributed by atoms with Gasteiger partial charge in [0, 0.05) is 12.5 Å². The number of benzene rings is 1. The summed E-state index contributed by atoms with van der Waals surface area (Å²) >= 11 is 0. The van der Waals surface area contributed by atoms with Crippen molar-refractivity contribution < 1.29 is 19.1 Å². The lowest BCUT2D eigenvalue weighted by atomic mass is 10.1. The molecule has 0 bridgehead atoms. The highest BCUT2D eigenvalue weighted by molar-refractivity contribution is 5.89. The molecule has 3 N–H and O–H groups in total. The molecule has 0 saturated heterocycles. The van der Waals surface area contributed by atoms with Gasteiger partial charge in [0.1, 0.15) is 11.6 Å². The lowest BCUT2D eigenvalue weighted by molar-refractivity contribution is -0.127. The van der Waals surface area contributed by atoms with Gasteiger partial charge in [-0.05, 0) is 45.6 Å². The van der Waals surface area contributed by atoms with Crippen LogP contribution >= 0.6 is 0 Å². The number of hydrogen-bond acceptors (Lipinski definition) is 4. The first kappa shape index (κ1) is 24.5. The molecule has 1 unspecified atom stereocenters. The Morgan fingerprint density at radius 1 is 1.00 bits per heavy atom. The fraction of sp³-hybridized carbons (Fsp3) is 0.591. The van der Waals surface area contributed by atoms with Gasteiger partial charge in [-0.25, -0.2) is 4.79 Å². The number of nitrogens with one attached hydrogen (secondary N) is 3. The Bertz CT molecular complexity index is 668. The van der Waals surface area contributed by atoms with Crippen molar-refractivity contribution in [2.24, 2.45) is 5.92 Å². The van der Waals surface area contributed by atoms with Crippen molar-refractivity contribution in [2.75, 3.05) is 6.54 Å². The predicted molar refractivity (Wildman–Crippen MR) is 113 cm³/mol. The van der Waals surface area contributed by atoms with Gasteiger partial charge in [-0.15, -0.1) is 0 Å². The van der Waals surface area contributed by atoms with Crippen LogP contribution < -0.4 is 16.0 Å². The summed E-state index contributed by atoms with van der Waals surface area (Å²) in [6.45, 7) is 11.2. The Labute approximate surface area is 174 Å². The van der Waals surface area contributed by atoms with Gasteiger partial charge >= 0.3 is 6.09 Å². The lowest BCUT2D eigenvalue weighted by Gasteiger charge is -2.23. The molecule has 0 aliphatic rings. The fourth-order valence-corrected chi connectivity index (χ4v) is 2.89. The molecule has 0 radical (unpaired) electrons. The van der Waals surface area contributed by atoms with Crippen molar-refractivity contribution in [1.29, 1.82) is 0 Å². The number of hydrogen-bond donors (Lipinski definition) is 3. The van der Waals surface area contributed by atoms with Crippen LogP contribution in [0.25, 0.3) is 0 Å². The van der Waals surface area contributed by atoms with Crippen molar-refractivity contribution in [3.8, 4) is 0 Å². The van der Waals surface area contributed by atoms with Crippen LogP contribution in [0.2, 0.25) is 0 Å². The maximum Gasteiger partial charge on any atom is 0.408 e. The van der Waals surface area contributed by atoms with Crippen molar-refractivity contribution in [1.82, 2.24) is 16.0 Å². The Morgan fingerprint density at radius 2 is 1.62 bits per heavy atom. The van der Waals surface area contributed by atoms with E-state index in [-0.39, 0.29) is 24.9 Å². The van der Waals surface area contributed by atoms with Gasteiger partial charge in [0.05, 0.1) is 6.54 Å². The topological polar surface area (TPSA) is 96.5 Å². The Hall–Kier alpha value is -2.57. The molecular formula is C22H35N3O4. The van der Waals surface area contributed by atoms with Crippen molar-refractivity contribution in [2.45, 2.75) is 72.1 Å². The molecule has 2 atom stereocenters. The second-order valence-electron chi connectivity index (χ2n) is 8.70. The van der Waals surface area contributed by atoms with Gasteiger partial charge < -0.3 is 20.7 Å². The van der Waals surface area contributed by atoms with Crippen LogP contribution in [0.4, 0.5) is 4.79 Å². The molecule has 0 heterocycles. The zero-order valence-electron chi connectivity index (χ0n) is 18.4. The quantitative estimate of drug-likeness (QED) is 0.589. The molecule has 3 amide bonds. The molecule has 1 rings (SSSR count). The molecule has 7 nitrogen and oxygen atoms in total. The number of carbonyl (C=O) groups is 3. The monoisotopic (exact) mass is 405 g/mol. The van der Waals surface area contributed by atoms with E-state index in [0.717, 1.165) is 12.0 Å². The van der Waals surface area contributed by atoms with Gasteiger partial charge in [0.15, 0.2) is 0 Å². The maximum atomic E-state index is 12.7. The summed E-state index contributed by atoms with van der Waals surface area (Å²) in [5.41, 5.74) is 0.211. The van der Waals surface area contributed by atoms with Gasteiger partial charge in [-0.1, -0.05) is 44.2 Å². The van der Waals surface area contributed by atoms with Crippen LogP contribution in [0, 0.1) is 5.92 Å². The third-order valence-corrected chi connectivity index (χ3v) is 3.95. The molecule has 162 valence electrons. The van der Waals surface area contributed by atoms with Gasteiger partial charge in [-0.3, -0.25) is 9.59 Å². The maximum absolute atomic E-state index is 12.7. The molecule has 0 saturated carbocycles. The number of carbonyl (C=O) groups excluding carboxylic acids is 3. The summed E-state index contributed by atoms with van der Waals surface area (Å²) in [4.78, 5) is 36.9. The second-order valence-corrected chi connectivity index (χ2v) is 8.70. The minimum Gasteiger partial charge on any atom is -0.444 e. The zero-order valence-corrected chi connectivity index (χ0v) is 18.4. The number of rotatable bonds is 9.